The fourth-order valence-electron chi connectivity index (χ4n) is 1.03. The van der Waals surface area contributed by atoms with Crippen LogP contribution in [0.1, 0.15) is 13.3 Å². The summed E-state index contributed by atoms with van der Waals surface area (Å²) >= 11 is 0. The molecule has 0 aromatic rings. The molecule has 3 nitrogen and oxygen atoms in total. The maximum Gasteiger partial charge on any atom is 0.269 e. The Bertz CT molecular complexity index is 171. The highest BCUT2D eigenvalue weighted by Gasteiger charge is 2.30. The van der Waals surface area contributed by atoms with Crippen molar-refractivity contribution in [3.8, 4) is 0 Å². The molecule has 1 aliphatic heterocycles. The van der Waals surface area contributed by atoms with Crippen LogP contribution in [0.15, 0.2) is 0 Å². The van der Waals surface area contributed by atoms with Gasteiger partial charge in [-0.05, 0) is 20.4 Å². The molecule has 0 spiro atoms. The highest BCUT2D eigenvalue weighted by Crippen LogP contribution is 2.50. The van der Waals surface area contributed by atoms with Crippen molar-refractivity contribution >= 4 is 7.52 Å². The van der Waals surface area contributed by atoms with Crippen LogP contribution in [0.5, 0.6) is 0 Å². The molecule has 0 aromatic heterocycles. The average molecular weight is 163 g/mol. The lowest BCUT2D eigenvalue weighted by Gasteiger charge is -2.34. The molecule has 2 atom stereocenters. The Morgan fingerprint density at radius 3 is 2.70 bits per heavy atom. The van der Waals surface area contributed by atoms with Crippen LogP contribution in [0.3, 0.4) is 0 Å². The van der Waals surface area contributed by atoms with Crippen LogP contribution in [-0.4, -0.2) is 31.0 Å². The van der Waals surface area contributed by atoms with Gasteiger partial charge in [0.25, 0.3) is 7.52 Å². The SMILES string of the molecule is CC1CCOP(C)(=O)N1C. The molecule has 0 radical (unpaired) electrons. The van der Waals surface area contributed by atoms with Crippen LogP contribution in [0.2, 0.25) is 0 Å². The fourth-order valence-corrected chi connectivity index (χ4v) is 2.49. The number of hydrogen-bond donors (Lipinski definition) is 0. The maximum absolute atomic E-state index is 11.5. The van der Waals surface area contributed by atoms with E-state index in [0.717, 1.165) is 6.42 Å². The minimum atomic E-state index is -2.40. The summed E-state index contributed by atoms with van der Waals surface area (Å²) < 4.78 is 18.4. The first-order valence-electron chi connectivity index (χ1n) is 3.49. The molecule has 0 N–H and O–H groups in total. The number of rotatable bonds is 0. The van der Waals surface area contributed by atoms with E-state index < -0.39 is 7.52 Å². The summed E-state index contributed by atoms with van der Waals surface area (Å²) in [6.45, 7) is 4.38. The number of nitrogens with zero attached hydrogens (tertiary/aromatic N) is 1. The predicted octanol–water partition coefficient (Wildman–Crippen LogP) is 1.55. The molecular formula is C6H14NO2P. The maximum atomic E-state index is 11.5. The molecule has 0 saturated carbocycles. The second kappa shape index (κ2) is 2.65. The first kappa shape index (κ1) is 8.25. The van der Waals surface area contributed by atoms with Crippen molar-refractivity contribution in [1.29, 1.82) is 0 Å². The van der Waals surface area contributed by atoms with Crippen molar-refractivity contribution in [1.82, 2.24) is 4.67 Å². The second-order valence-corrected chi connectivity index (χ2v) is 5.34. The van der Waals surface area contributed by atoms with E-state index in [1.807, 2.05) is 11.7 Å². The summed E-state index contributed by atoms with van der Waals surface area (Å²) in [5.41, 5.74) is 0. The van der Waals surface area contributed by atoms with Gasteiger partial charge in [-0.2, -0.15) is 0 Å². The highest BCUT2D eigenvalue weighted by molar-refractivity contribution is 7.55. The van der Waals surface area contributed by atoms with Crippen LogP contribution in [0, 0.1) is 0 Å². The minimum Gasteiger partial charge on any atom is -0.318 e. The Kier molecular flexibility index (Phi) is 2.18. The zero-order valence-electron chi connectivity index (χ0n) is 6.70. The Balaban J connectivity index is 2.70. The molecule has 1 aliphatic rings. The molecular weight excluding hydrogens is 149 g/mol. The van der Waals surface area contributed by atoms with Gasteiger partial charge in [0.2, 0.25) is 0 Å². The lowest BCUT2D eigenvalue weighted by atomic mass is 10.2. The molecule has 1 fully saturated rings. The van der Waals surface area contributed by atoms with Crippen LogP contribution >= 0.6 is 7.52 Å². The molecule has 4 heteroatoms. The monoisotopic (exact) mass is 163 g/mol. The molecule has 1 rings (SSSR count). The summed E-state index contributed by atoms with van der Waals surface area (Å²) in [7, 11) is -0.549. The van der Waals surface area contributed by atoms with E-state index in [0.29, 0.717) is 12.6 Å². The van der Waals surface area contributed by atoms with Crippen molar-refractivity contribution in [2.75, 3.05) is 20.3 Å². The van der Waals surface area contributed by atoms with Gasteiger partial charge < -0.3 is 4.52 Å². The Morgan fingerprint density at radius 2 is 2.30 bits per heavy atom. The second-order valence-electron chi connectivity index (χ2n) is 2.85. The lowest BCUT2D eigenvalue weighted by Crippen LogP contribution is -2.32. The van der Waals surface area contributed by atoms with Crippen molar-refractivity contribution in [3.63, 3.8) is 0 Å². The van der Waals surface area contributed by atoms with E-state index in [1.54, 1.807) is 6.66 Å². The van der Waals surface area contributed by atoms with Gasteiger partial charge in [0.1, 0.15) is 0 Å². The van der Waals surface area contributed by atoms with E-state index in [4.69, 9.17) is 4.52 Å². The lowest BCUT2D eigenvalue weighted by molar-refractivity contribution is 0.187. The van der Waals surface area contributed by atoms with Gasteiger partial charge in [-0.3, -0.25) is 4.57 Å². The van der Waals surface area contributed by atoms with Gasteiger partial charge in [-0.25, -0.2) is 4.67 Å². The third-order valence-electron chi connectivity index (χ3n) is 2.08. The van der Waals surface area contributed by atoms with Crippen molar-refractivity contribution in [2.45, 2.75) is 19.4 Å². The van der Waals surface area contributed by atoms with Crippen LogP contribution in [-0.2, 0) is 9.09 Å². The normalized spacial score (nSPS) is 43.7. The van der Waals surface area contributed by atoms with E-state index in [1.165, 1.54) is 0 Å². The van der Waals surface area contributed by atoms with Crippen molar-refractivity contribution in [2.24, 2.45) is 0 Å². The van der Waals surface area contributed by atoms with E-state index >= 15 is 0 Å². The predicted molar refractivity (Wildman–Crippen MR) is 41.3 cm³/mol. The summed E-state index contributed by atoms with van der Waals surface area (Å²) in [5.74, 6) is 0. The first-order chi connectivity index (χ1) is 4.54. The molecule has 1 saturated heterocycles. The Morgan fingerprint density at radius 1 is 1.70 bits per heavy atom. The van der Waals surface area contributed by atoms with Crippen molar-refractivity contribution < 1.29 is 9.09 Å². The topological polar surface area (TPSA) is 29.5 Å². The summed E-state index contributed by atoms with van der Waals surface area (Å²) in [6, 6.07) is 0.393. The highest BCUT2D eigenvalue weighted by atomic mass is 31.2. The van der Waals surface area contributed by atoms with Crippen LogP contribution in [0.25, 0.3) is 0 Å². The zero-order chi connectivity index (χ0) is 7.78. The minimum absolute atomic E-state index is 0.393. The van der Waals surface area contributed by atoms with Crippen LogP contribution < -0.4 is 0 Å². The molecule has 60 valence electrons. The molecule has 2 unspecified atom stereocenters. The Hall–Kier alpha value is 0.150. The molecule has 0 aliphatic carbocycles. The smallest absolute Gasteiger partial charge is 0.269 e. The summed E-state index contributed by atoms with van der Waals surface area (Å²) in [6.07, 6.45) is 0.980. The average Bonchev–Trinajstić information content (AvgIpc) is 1.83. The summed E-state index contributed by atoms with van der Waals surface area (Å²) in [4.78, 5) is 0. The van der Waals surface area contributed by atoms with Crippen molar-refractivity contribution in [3.05, 3.63) is 0 Å². The van der Waals surface area contributed by atoms with E-state index in [2.05, 4.69) is 6.92 Å². The van der Waals surface area contributed by atoms with Gasteiger partial charge in [0, 0.05) is 12.7 Å². The summed E-state index contributed by atoms with van der Waals surface area (Å²) in [5, 5.41) is 0. The third-order valence-corrected chi connectivity index (χ3v) is 4.28. The first-order valence-corrected chi connectivity index (χ1v) is 5.52. The third kappa shape index (κ3) is 1.42. The van der Waals surface area contributed by atoms with E-state index in [-0.39, 0.29) is 0 Å². The van der Waals surface area contributed by atoms with Gasteiger partial charge in [0.05, 0.1) is 6.61 Å². The molecule has 1 heterocycles. The van der Waals surface area contributed by atoms with Gasteiger partial charge in [0.15, 0.2) is 0 Å². The van der Waals surface area contributed by atoms with Gasteiger partial charge in [-0.15, -0.1) is 0 Å². The van der Waals surface area contributed by atoms with Crippen LogP contribution in [0.4, 0.5) is 0 Å². The molecule has 0 bridgehead atoms. The molecule has 10 heavy (non-hydrogen) atoms. The quantitative estimate of drug-likeness (QED) is 0.507. The number of hydrogen-bond acceptors (Lipinski definition) is 2. The Labute approximate surface area is 61.9 Å². The van der Waals surface area contributed by atoms with Gasteiger partial charge in [-0.1, -0.05) is 0 Å². The largest absolute Gasteiger partial charge is 0.318 e. The molecule has 0 amide bonds. The van der Waals surface area contributed by atoms with E-state index in [9.17, 15) is 4.57 Å². The standard InChI is InChI=1S/C6H14NO2P/c1-6-4-5-9-10(3,8)7(6)2/h6H,4-5H2,1-3H3. The van der Waals surface area contributed by atoms with Gasteiger partial charge >= 0.3 is 0 Å². The zero-order valence-corrected chi connectivity index (χ0v) is 7.60. The molecule has 0 aromatic carbocycles. The fraction of sp³-hybridized carbons (Fsp3) is 1.00.